The molecule has 4 N–H and O–H groups in total. The minimum atomic E-state index is -0.417. The topological polar surface area (TPSA) is 84.2 Å². The molecule has 0 fully saturated rings. The molecule has 20 heavy (non-hydrogen) atoms. The van der Waals surface area contributed by atoms with Gasteiger partial charge in [0, 0.05) is 18.5 Å². The molecule has 2 amide bonds. The fraction of sp³-hybridized carbons (Fsp3) is 0.867. The third-order valence-corrected chi connectivity index (χ3v) is 2.89. The Morgan fingerprint density at radius 2 is 1.65 bits per heavy atom. The van der Waals surface area contributed by atoms with Crippen molar-refractivity contribution >= 4 is 11.8 Å². The van der Waals surface area contributed by atoms with Gasteiger partial charge in [-0.05, 0) is 24.7 Å². The van der Waals surface area contributed by atoms with E-state index in [-0.39, 0.29) is 23.8 Å². The summed E-state index contributed by atoms with van der Waals surface area (Å²) in [7, 11) is 0. The molecule has 0 aliphatic rings. The molecule has 0 spiro atoms. The van der Waals surface area contributed by atoms with Gasteiger partial charge < -0.3 is 16.4 Å². The summed E-state index contributed by atoms with van der Waals surface area (Å²) in [5.41, 5.74) is 5.24. The van der Waals surface area contributed by atoms with Crippen molar-refractivity contribution in [1.82, 2.24) is 10.6 Å². The van der Waals surface area contributed by atoms with Crippen molar-refractivity contribution in [2.45, 2.75) is 59.9 Å². The standard InChI is InChI=1S/C15H31N3O2/c1-11(2)7-15(6,10-16)18-13(20)9-17-12(19)8-14(3,4)5/h11H,7-10,16H2,1-6H3,(H,17,19)(H,18,20). The van der Waals surface area contributed by atoms with Gasteiger partial charge in [-0.25, -0.2) is 0 Å². The van der Waals surface area contributed by atoms with Crippen LogP contribution in [0.1, 0.15) is 54.4 Å². The SMILES string of the molecule is CC(C)CC(C)(CN)NC(=O)CNC(=O)CC(C)(C)C. The molecular weight excluding hydrogens is 254 g/mol. The van der Waals surface area contributed by atoms with E-state index in [0.29, 0.717) is 18.9 Å². The molecule has 0 rings (SSSR count). The van der Waals surface area contributed by atoms with Crippen LogP contribution in [0.25, 0.3) is 0 Å². The van der Waals surface area contributed by atoms with Crippen molar-refractivity contribution in [2.75, 3.05) is 13.1 Å². The molecule has 0 aromatic heterocycles. The van der Waals surface area contributed by atoms with Crippen molar-refractivity contribution < 1.29 is 9.59 Å². The zero-order chi connectivity index (χ0) is 16.0. The predicted octanol–water partition coefficient (Wildman–Crippen LogP) is 1.42. The molecule has 5 nitrogen and oxygen atoms in total. The molecule has 0 saturated carbocycles. The van der Waals surface area contributed by atoms with E-state index in [4.69, 9.17) is 5.73 Å². The summed E-state index contributed by atoms with van der Waals surface area (Å²) in [5.74, 6) is 0.145. The Kier molecular flexibility index (Phi) is 7.20. The Morgan fingerprint density at radius 3 is 2.05 bits per heavy atom. The zero-order valence-electron chi connectivity index (χ0n) is 13.8. The number of carbonyl (C=O) groups excluding carboxylic acids is 2. The van der Waals surface area contributed by atoms with E-state index >= 15 is 0 Å². The van der Waals surface area contributed by atoms with Gasteiger partial charge in [-0.15, -0.1) is 0 Å². The second-order valence-corrected chi connectivity index (χ2v) is 7.43. The van der Waals surface area contributed by atoms with Crippen molar-refractivity contribution in [1.29, 1.82) is 0 Å². The van der Waals surface area contributed by atoms with E-state index in [1.54, 1.807) is 0 Å². The van der Waals surface area contributed by atoms with Crippen LogP contribution in [0.5, 0.6) is 0 Å². The molecule has 1 unspecified atom stereocenters. The summed E-state index contributed by atoms with van der Waals surface area (Å²) >= 11 is 0. The molecule has 0 bridgehead atoms. The lowest BCUT2D eigenvalue weighted by Gasteiger charge is -2.31. The predicted molar refractivity (Wildman–Crippen MR) is 82.1 cm³/mol. The highest BCUT2D eigenvalue weighted by molar-refractivity contribution is 5.85. The van der Waals surface area contributed by atoms with Crippen LogP contribution in [0.2, 0.25) is 0 Å². The highest BCUT2D eigenvalue weighted by Gasteiger charge is 2.26. The van der Waals surface area contributed by atoms with Crippen molar-refractivity contribution in [3.05, 3.63) is 0 Å². The maximum atomic E-state index is 11.9. The maximum absolute atomic E-state index is 11.9. The van der Waals surface area contributed by atoms with Crippen LogP contribution in [-0.2, 0) is 9.59 Å². The first-order valence-electron chi connectivity index (χ1n) is 7.25. The number of rotatable bonds is 7. The summed E-state index contributed by atoms with van der Waals surface area (Å²) in [4.78, 5) is 23.5. The van der Waals surface area contributed by atoms with Crippen LogP contribution < -0.4 is 16.4 Å². The summed E-state index contributed by atoms with van der Waals surface area (Å²) in [6, 6.07) is 0. The maximum Gasteiger partial charge on any atom is 0.239 e. The fourth-order valence-electron chi connectivity index (χ4n) is 2.19. The Balaban J connectivity index is 4.25. The lowest BCUT2D eigenvalue weighted by Crippen LogP contribution is -2.54. The summed E-state index contributed by atoms with van der Waals surface area (Å²) in [6.45, 7) is 12.5. The second-order valence-electron chi connectivity index (χ2n) is 7.43. The van der Waals surface area contributed by atoms with E-state index in [1.165, 1.54) is 0 Å². The monoisotopic (exact) mass is 285 g/mol. The van der Waals surface area contributed by atoms with Gasteiger partial charge in [-0.1, -0.05) is 34.6 Å². The molecule has 0 aromatic carbocycles. The third kappa shape index (κ3) is 8.91. The lowest BCUT2D eigenvalue weighted by atomic mass is 9.90. The first kappa shape index (κ1) is 18.9. The number of nitrogens with two attached hydrogens (primary N) is 1. The van der Waals surface area contributed by atoms with E-state index in [1.807, 2.05) is 27.7 Å². The van der Waals surface area contributed by atoms with E-state index in [0.717, 1.165) is 6.42 Å². The highest BCUT2D eigenvalue weighted by Crippen LogP contribution is 2.17. The van der Waals surface area contributed by atoms with Gasteiger partial charge in [0.1, 0.15) is 0 Å². The van der Waals surface area contributed by atoms with Crippen molar-refractivity contribution in [3.8, 4) is 0 Å². The van der Waals surface area contributed by atoms with E-state index in [2.05, 4.69) is 24.5 Å². The summed E-state index contributed by atoms with van der Waals surface area (Å²) < 4.78 is 0. The molecule has 0 aromatic rings. The van der Waals surface area contributed by atoms with E-state index in [9.17, 15) is 9.59 Å². The molecular formula is C15H31N3O2. The van der Waals surface area contributed by atoms with Gasteiger partial charge in [-0.2, -0.15) is 0 Å². The average Bonchev–Trinajstić information content (AvgIpc) is 2.23. The van der Waals surface area contributed by atoms with Gasteiger partial charge >= 0.3 is 0 Å². The van der Waals surface area contributed by atoms with E-state index < -0.39 is 5.54 Å². The first-order chi connectivity index (χ1) is 8.97. The summed E-state index contributed by atoms with van der Waals surface area (Å²) in [5, 5.41) is 5.56. The Bertz CT molecular complexity index is 335. The summed E-state index contributed by atoms with van der Waals surface area (Å²) in [6.07, 6.45) is 1.21. The first-order valence-corrected chi connectivity index (χ1v) is 7.25. The lowest BCUT2D eigenvalue weighted by molar-refractivity contribution is -0.128. The molecule has 0 heterocycles. The minimum Gasteiger partial charge on any atom is -0.348 e. The van der Waals surface area contributed by atoms with Crippen LogP contribution in [0.15, 0.2) is 0 Å². The Hall–Kier alpha value is -1.10. The second kappa shape index (κ2) is 7.62. The average molecular weight is 285 g/mol. The molecule has 0 radical (unpaired) electrons. The third-order valence-electron chi connectivity index (χ3n) is 2.89. The van der Waals surface area contributed by atoms with Crippen molar-refractivity contribution in [2.24, 2.45) is 17.1 Å². The molecule has 0 aliphatic carbocycles. The Morgan fingerprint density at radius 1 is 1.10 bits per heavy atom. The van der Waals surface area contributed by atoms with Crippen LogP contribution in [-0.4, -0.2) is 30.4 Å². The molecule has 1 atom stereocenters. The zero-order valence-corrected chi connectivity index (χ0v) is 13.8. The van der Waals surface area contributed by atoms with Crippen LogP contribution in [0.4, 0.5) is 0 Å². The highest BCUT2D eigenvalue weighted by atomic mass is 16.2. The number of hydrogen-bond donors (Lipinski definition) is 3. The number of nitrogens with one attached hydrogen (secondary N) is 2. The minimum absolute atomic E-state index is 0.00258. The number of hydrogen-bond acceptors (Lipinski definition) is 3. The van der Waals surface area contributed by atoms with Gasteiger partial charge in [0.2, 0.25) is 11.8 Å². The van der Waals surface area contributed by atoms with Gasteiger partial charge in [0.05, 0.1) is 6.54 Å². The normalized spacial score (nSPS) is 14.8. The van der Waals surface area contributed by atoms with Gasteiger partial charge in [-0.3, -0.25) is 9.59 Å². The fourth-order valence-corrected chi connectivity index (χ4v) is 2.19. The van der Waals surface area contributed by atoms with Crippen LogP contribution in [0, 0.1) is 11.3 Å². The quantitative estimate of drug-likeness (QED) is 0.661. The van der Waals surface area contributed by atoms with Gasteiger partial charge in [0.15, 0.2) is 0 Å². The molecule has 5 heteroatoms. The molecule has 0 aliphatic heterocycles. The van der Waals surface area contributed by atoms with Gasteiger partial charge in [0.25, 0.3) is 0 Å². The molecule has 118 valence electrons. The number of amides is 2. The largest absolute Gasteiger partial charge is 0.348 e. The van der Waals surface area contributed by atoms with Crippen LogP contribution in [0.3, 0.4) is 0 Å². The van der Waals surface area contributed by atoms with Crippen LogP contribution >= 0.6 is 0 Å². The molecule has 0 saturated heterocycles. The van der Waals surface area contributed by atoms with Crippen molar-refractivity contribution in [3.63, 3.8) is 0 Å². The smallest absolute Gasteiger partial charge is 0.239 e. The Labute approximate surface area is 123 Å². The number of carbonyl (C=O) groups is 2.